The molecule has 1 heterocycles. The minimum absolute atomic E-state index is 0.160. The van der Waals surface area contributed by atoms with Crippen LogP contribution in [-0.2, 0) is 6.42 Å². The fraction of sp³-hybridized carbons (Fsp3) is 0.765. The largest absolute Gasteiger partial charge is 0.481 e. The molecule has 0 radical (unpaired) electrons. The van der Waals surface area contributed by atoms with Crippen molar-refractivity contribution in [3.63, 3.8) is 0 Å². The fourth-order valence-corrected chi connectivity index (χ4v) is 5.60. The maximum absolute atomic E-state index is 10.9. The molecule has 21 heavy (non-hydrogen) atoms. The van der Waals surface area contributed by atoms with Crippen LogP contribution < -0.4 is 4.74 Å². The van der Waals surface area contributed by atoms with Gasteiger partial charge in [0.1, 0.15) is 6.33 Å². The van der Waals surface area contributed by atoms with Gasteiger partial charge in [-0.2, -0.15) is 0 Å². The lowest BCUT2D eigenvalue weighted by Crippen LogP contribution is -2.52. The standard InChI is InChI=1S/C17H24N2O2/c1-21-16-6-14(18-10-19-16)5-15(20)17-7-11-2-12(8-17)4-13(3-11)9-17/h6,10-13,15,20H,2-5,7-9H2,1H3. The number of hydrogen-bond acceptors (Lipinski definition) is 4. The van der Waals surface area contributed by atoms with Crippen molar-refractivity contribution in [2.24, 2.45) is 23.2 Å². The Morgan fingerprint density at radius 1 is 1.19 bits per heavy atom. The molecule has 4 bridgehead atoms. The van der Waals surface area contributed by atoms with Crippen molar-refractivity contribution in [1.82, 2.24) is 9.97 Å². The van der Waals surface area contributed by atoms with Crippen LogP contribution in [0.2, 0.25) is 0 Å². The molecule has 1 aromatic heterocycles. The van der Waals surface area contributed by atoms with E-state index in [-0.39, 0.29) is 11.5 Å². The van der Waals surface area contributed by atoms with Crippen molar-refractivity contribution in [3.8, 4) is 5.88 Å². The second-order valence-corrected chi connectivity index (χ2v) is 7.55. The molecule has 1 atom stereocenters. The molecule has 114 valence electrons. The van der Waals surface area contributed by atoms with E-state index in [9.17, 15) is 5.11 Å². The van der Waals surface area contributed by atoms with Gasteiger partial charge in [0.15, 0.2) is 0 Å². The van der Waals surface area contributed by atoms with E-state index < -0.39 is 0 Å². The number of ether oxygens (including phenoxy) is 1. The summed E-state index contributed by atoms with van der Waals surface area (Å²) in [5.74, 6) is 3.18. The van der Waals surface area contributed by atoms with Gasteiger partial charge in [0, 0.05) is 12.5 Å². The Morgan fingerprint density at radius 3 is 2.38 bits per heavy atom. The highest BCUT2D eigenvalue weighted by molar-refractivity contribution is 5.15. The molecule has 0 spiro atoms. The minimum Gasteiger partial charge on any atom is -0.481 e. The average Bonchev–Trinajstić information content (AvgIpc) is 2.46. The second-order valence-electron chi connectivity index (χ2n) is 7.55. The summed E-state index contributed by atoms with van der Waals surface area (Å²) < 4.78 is 5.15. The number of rotatable bonds is 4. The van der Waals surface area contributed by atoms with Gasteiger partial charge in [0.25, 0.3) is 0 Å². The highest BCUT2D eigenvalue weighted by Crippen LogP contribution is 2.61. The van der Waals surface area contributed by atoms with Gasteiger partial charge in [-0.1, -0.05) is 0 Å². The number of aromatic nitrogens is 2. The zero-order valence-corrected chi connectivity index (χ0v) is 12.7. The Bertz CT molecular complexity index is 496. The van der Waals surface area contributed by atoms with E-state index in [2.05, 4.69) is 9.97 Å². The first-order valence-electron chi connectivity index (χ1n) is 8.20. The SMILES string of the molecule is COc1cc(CC(O)C23CC4CC(CC(C4)C2)C3)ncn1. The molecule has 0 amide bonds. The second kappa shape index (κ2) is 4.94. The molecule has 4 aliphatic carbocycles. The summed E-state index contributed by atoms with van der Waals surface area (Å²) >= 11 is 0. The Kier molecular flexibility index (Phi) is 3.18. The molecule has 4 fully saturated rings. The van der Waals surface area contributed by atoms with Crippen LogP contribution in [0.3, 0.4) is 0 Å². The predicted octanol–water partition coefficient (Wildman–Crippen LogP) is 2.61. The number of nitrogens with zero attached hydrogens (tertiary/aromatic N) is 2. The van der Waals surface area contributed by atoms with E-state index in [0.717, 1.165) is 23.4 Å². The number of aliphatic hydroxyl groups is 1. The maximum atomic E-state index is 10.9. The minimum atomic E-state index is -0.273. The van der Waals surface area contributed by atoms with Crippen LogP contribution in [0.25, 0.3) is 0 Å². The molecular weight excluding hydrogens is 264 g/mol. The first kappa shape index (κ1) is 13.5. The quantitative estimate of drug-likeness (QED) is 0.925. The predicted molar refractivity (Wildman–Crippen MR) is 78.9 cm³/mol. The van der Waals surface area contributed by atoms with Crippen LogP contribution in [-0.4, -0.2) is 28.3 Å². The lowest BCUT2D eigenvalue weighted by Gasteiger charge is -2.58. The molecule has 0 aromatic carbocycles. The Balaban J connectivity index is 1.53. The highest BCUT2D eigenvalue weighted by atomic mass is 16.5. The van der Waals surface area contributed by atoms with E-state index in [4.69, 9.17) is 4.74 Å². The smallest absolute Gasteiger partial charge is 0.216 e. The summed E-state index contributed by atoms with van der Waals surface area (Å²) in [6.45, 7) is 0. The van der Waals surface area contributed by atoms with Crippen molar-refractivity contribution in [3.05, 3.63) is 18.1 Å². The van der Waals surface area contributed by atoms with Gasteiger partial charge < -0.3 is 9.84 Å². The molecule has 4 aliphatic rings. The summed E-state index contributed by atoms with van der Waals surface area (Å²) in [5, 5.41) is 10.9. The van der Waals surface area contributed by atoms with E-state index in [1.807, 2.05) is 6.07 Å². The molecular formula is C17H24N2O2. The summed E-state index contributed by atoms with van der Waals surface area (Å²) in [6, 6.07) is 1.85. The van der Waals surface area contributed by atoms with Crippen LogP contribution in [0, 0.1) is 23.2 Å². The normalized spacial score (nSPS) is 38.5. The molecule has 1 N–H and O–H groups in total. The van der Waals surface area contributed by atoms with E-state index in [1.165, 1.54) is 44.9 Å². The fourth-order valence-electron chi connectivity index (χ4n) is 5.60. The van der Waals surface area contributed by atoms with Gasteiger partial charge in [0.05, 0.1) is 18.9 Å². The summed E-state index contributed by atoms with van der Waals surface area (Å²) in [7, 11) is 1.61. The monoisotopic (exact) mass is 288 g/mol. The first-order chi connectivity index (χ1) is 10.2. The van der Waals surface area contributed by atoms with Crippen LogP contribution in [0.5, 0.6) is 5.88 Å². The van der Waals surface area contributed by atoms with Gasteiger partial charge in [-0.25, -0.2) is 9.97 Å². The third kappa shape index (κ3) is 2.33. The third-order valence-electron chi connectivity index (χ3n) is 6.10. The molecule has 0 aliphatic heterocycles. The summed E-state index contributed by atoms with van der Waals surface area (Å²) in [5.41, 5.74) is 1.05. The van der Waals surface area contributed by atoms with Crippen LogP contribution in [0.4, 0.5) is 0 Å². The summed E-state index contributed by atoms with van der Waals surface area (Å²) in [6.07, 6.45) is 9.79. The molecule has 5 rings (SSSR count). The topological polar surface area (TPSA) is 55.2 Å². The van der Waals surface area contributed by atoms with Crippen molar-refractivity contribution < 1.29 is 9.84 Å². The van der Waals surface area contributed by atoms with E-state index in [1.54, 1.807) is 7.11 Å². The highest BCUT2D eigenvalue weighted by Gasteiger charge is 2.53. The van der Waals surface area contributed by atoms with E-state index >= 15 is 0 Å². The summed E-state index contributed by atoms with van der Waals surface area (Å²) in [4.78, 5) is 8.35. The number of aliphatic hydroxyl groups excluding tert-OH is 1. The third-order valence-corrected chi connectivity index (χ3v) is 6.10. The van der Waals surface area contributed by atoms with Crippen molar-refractivity contribution in [1.29, 1.82) is 0 Å². The number of methoxy groups -OCH3 is 1. The Morgan fingerprint density at radius 2 is 1.81 bits per heavy atom. The molecule has 1 unspecified atom stereocenters. The number of hydrogen-bond donors (Lipinski definition) is 1. The van der Waals surface area contributed by atoms with Gasteiger partial charge in [-0.3, -0.25) is 0 Å². The first-order valence-corrected chi connectivity index (χ1v) is 8.20. The average molecular weight is 288 g/mol. The van der Waals surface area contributed by atoms with Gasteiger partial charge in [-0.15, -0.1) is 0 Å². The van der Waals surface area contributed by atoms with Gasteiger partial charge in [0.2, 0.25) is 5.88 Å². The lowest BCUT2D eigenvalue weighted by molar-refractivity contribution is -0.119. The van der Waals surface area contributed by atoms with Crippen LogP contribution in [0.15, 0.2) is 12.4 Å². The van der Waals surface area contributed by atoms with Crippen molar-refractivity contribution in [2.75, 3.05) is 7.11 Å². The Labute approximate surface area is 126 Å². The van der Waals surface area contributed by atoms with Crippen molar-refractivity contribution >= 4 is 0 Å². The van der Waals surface area contributed by atoms with Gasteiger partial charge >= 0.3 is 0 Å². The van der Waals surface area contributed by atoms with Gasteiger partial charge in [-0.05, 0) is 61.7 Å². The zero-order chi connectivity index (χ0) is 14.4. The molecule has 4 heteroatoms. The molecule has 4 saturated carbocycles. The van der Waals surface area contributed by atoms with Crippen LogP contribution in [0.1, 0.15) is 44.2 Å². The lowest BCUT2D eigenvalue weighted by atomic mass is 9.48. The maximum Gasteiger partial charge on any atom is 0.216 e. The molecule has 4 nitrogen and oxygen atoms in total. The van der Waals surface area contributed by atoms with Crippen molar-refractivity contribution in [2.45, 2.75) is 51.0 Å². The van der Waals surface area contributed by atoms with Crippen LogP contribution >= 0.6 is 0 Å². The molecule has 0 saturated heterocycles. The van der Waals surface area contributed by atoms with E-state index in [0.29, 0.717) is 12.3 Å². The Hall–Kier alpha value is -1.16. The molecule has 1 aromatic rings. The zero-order valence-electron chi connectivity index (χ0n) is 12.7.